The maximum atomic E-state index is 11.7. The smallest absolute Gasteiger partial charge is 0.407 e. The molecule has 4 heteroatoms. The molecule has 1 amide bonds. The topological polar surface area (TPSA) is 47.6 Å². The summed E-state index contributed by atoms with van der Waals surface area (Å²) in [6.07, 6.45) is 4.22. The third-order valence-electron chi connectivity index (χ3n) is 2.99. The summed E-state index contributed by atoms with van der Waals surface area (Å²) in [6, 6.07) is 0.193. The van der Waals surface area contributed by atoms with Crippen LogP contribution in [0.2, 0.25) is 0 Å². The summed E-state index contributed by atoms with van der Waals surface area (Å²) in [7, 11) is 1.71. The lowest BCUT2D eigenvalue weighted by Gasteiger charge is -2.32. The summed E-state index contributed by atoms with van der Waals surface area (Å²) < 4.78 is 10.5. The lowest BCUT2D eigenvalue weighted by molar-refractivity contribution is 0.0424. The van der Waals surface area contributed by atoms with Crippen molar-refractivity contribution in [1.29, 1.82) is 0 Å². The van der Waals surface area contributed by atoms with Crippen molar-refractivity contribution in [2.75, 3.05) is 13.7 Å². The van der Waals surface area contributed by atoms with E-state index in [9.17, 15) is 4.79 Å². The molecule has 4 nitrogen and oxygen atoms in total. The molecule has 17 heavy (non-hydrogen) atoms. The van der Waals surface area contributed by atoms with E-state index in [2.05, 4.69) is 5.32 Å². The van der Waals surface area contributed by atoms with Crippen molar-refractivity contribution >= 4 is 6.09 Å². The highest BCUT2D eigenvalue weighted by molar-refractivity contribution is 5.68. The van der Waals surface area contributed by atoms with Crippen molar-refractivity contribution in [3.05, 3.63) is 0 Å². The number of carbonyl (C=O) groups is 1. The highest BCUT2D eigenvalue weighted by atomic mass is 16.6. The number of rotatable bonds is 3. The fraction of sp³-hybridized carbons (Fsp3) is 0.923. The van der Waals surface area contributed by atoms with Crippen LogP contribution in [0.5, 0.6) is 0 Å². The molecule has 1 saturated carbocycles. The number of alkyl carbamates (subject to hydrolysis) is 1. The van der Waals surface area contributed by atoms with Crippen molar-refractivity contribution in [1.82, 2.24) is 5.32 Å². The second kappa shape index (κ2) is 6.24. The monoisotopic (exact) mass is 243 g/mol. The molecule has 100 valence electrons. The van der Waals surface area contributed by atoms with Crippen LogP contribution < -0.4 is 5.32 Å². The molecule has 0 aromatic rings. The number of ether oxygens (including phenoxy) is 2. The van der Waals surface area contributed by atoms with Gasteiger partial charge >= 0.3 is 6.09 Å². The highest BCUT2D eigenvalue weighted by Crippen LogP contribution is 2.25. The Labute approximate surface area is 104 Å². The van der Waals surface area contributed by atoms with Crippen LogP contribution in [0.3, 0.4) is 0 Å². The van der Waals surface area contributed by atoms with Crippen LogP contribution in [0.1, 0.15) is 46.5 Å². The molecule has 0 saturated heterocycles. The Morgan fingerprint density at radius 2 is 1.94 bits per heavy atom. The van der Waals surface area contributed by atoms with Gasteiger partial charge in [0.05, 0.1) is 6.61 Å². The van der Waals surface area contributed by atoms with Crippen molar-refractivity contribution in [3.8, 4) is 0 Å². The van der Waals surface area contributed by atoms with E-state index in [0.717, 1.165) is 12.8 Å². The van der Waals surface area contributed by atoms with Crippen molar-refractivity contribution in [3.63, 3.8) is 0 Å². The van der Waals surface area contributed by atoms with Gasteiger partial charge < -0.3 is 14.8 Å². The summed E-state index contributed by atoms with van der Waals surface area (Å²) in [6.45, 7) is 6.33. The van der Waals surface area contributed by atoms with E-state index in [0.29, 0.717) is 12.5 Å². The molecular formula is C13H25NO3. The Hall–Kier alpha value is -0.770. The van der Waals surface area contributed by atoms with Crippen molar-refractivity contribution in [2.45, 2.75) is 58.1 Å². The van der Waals surface area contributed by atoms with Crippen molar-refractivity contribution in [2.24, 2.45) is 5.92 Å². The highest BCUT2D eigenvalue weighted by Gasteiger charge is 2.28. The quantitative estimate of drug-likeness (QED) is 0.829. The Morgan fingerprint density at radius 3 is 2.53 bits per heavy atom. The normalized spacial score (nSPS) is 25.4. The second-order valence-electron chi connectivity index (χ2n) is 5.75. The Balaban J connectivity index is 2.44. The molecule has 0 heterocycles. The summed E-state index contributed by atoms with van der Waals surface area (Å²) in [5, 5.41) is 2.97. The van der Waals surface area contributed by atoms with Crippen molar-refractivity contribution < 1.29 is 14.3 Å². The molecule has 0 unspecified atom stereocenters. The van der Waals surface area contributed by atoms with Gasteiger partial charge in [0.1, 0.15) is 5.60 Å². The van der Waals surface area contributed by atoms with E-state index in [-0.39, 0.29) is 12.1 Å². The van der Waals surface area contributed by atoms with Crippen LogP contribution in [0.15, 0.2) is 0 Å². The number of carbonyl (C=O) groups excluding carboxylic acids is 1. The third kappa shape index (κ3) is 5.39. The lowest BCUT2D eigenvalue weighted by Crippen LogP contribution is -2.45. The zero-order valence-corrected chi connectivity index (χ0v) is 11.4. The van der Waals surface area contributed by atoms with Gasteiger partial charge in [0.15, 0.2) is 0 Å². The predicted octanol–water partition coefficient (Wildman–Crippen LogP) is 2.72. The molecule has 1 fully saturated rings. The summed E-state index contributed by atoms with van der Waals surface area (Å²) in [5.41, 5.74) is -0.435. The van der Waals surface area contributed by atoms with Crippen LogP contribution in [-0.4, -0.2) is 31.5 Å². The largest absolute Gasteiger partial charge is 0.444 e. The number of hydrogen-bond acceptors (Lipinski definition) is 3. The average Bonchev–Trinajstić information content (AvgIpc) is 2.18. The van der Waals surface area contributed by atoms with Crippen LogP contribution in [0, 0.1) is 5.92 Å². The SMILES string of the molecule is COC[C@H]1CCCC[C@@H]1NC(=O)OC(C)(C)C. The minimum Gasteiger partial charge on any atom is -0.444 e. The van der Waals surface area contributed by atoms with Crippen LogP contribution in [0.4, 0.5) is 4.79 Å². The summed E-state index contributed by atoms with van der Waals surface area (Å²) in [4.78, 5) is 11.7. The minimum atomic E-state index is -0.435. The molecule has 0 radical (unpaired) electrons. The van der Waals surface area contributed by atoms with E-state index in [1.807, 2.05) is 20.8 Å². The van der Waals surface area contributed by atoms with Crippen LogP contribution in [0.25, 0.3) is 0 Å². The molecule has 0 aromatic carbocycles. The molecule has 1 aliphatic carbocycles. The first-order chi connectivity index (χ1) is 7.92. The minimum absolute atomic E-state index is 0.193. The first kappa shape index (κ1) is 14.3. The molecule has 2 atom stereocenters. The number of methoxy groups -OCH3 is 1. The zero-order chi connectivity index (χ0) is 12.9. The van der Waals surface area contributed by atoms with Crippen LogP contribution in [-0.2, 0) is 9.47 Å². The third-order valence-corrected chi connectivity index (χ3v) is 2.99. The van der Waals surface area contributed by atoms with E-state index in [1.54, 1.807) is 7.11 Å². The molecule has 1 N–H and O–H groups in total. The maximum absolute atomic E-state index is 11.7. The van der Waals surface area contributed by atoms with Gasteiger partial charge in [-0.3, -0.25) is 0 Å². The molecule has 0 aliphatic heterocycles. The first-order valence-electron chi connectivity index (χ1n) is 6.41. The Bertz CT molecular complexity index is 246. The van der Waals surface area contributed by atoms with Gasteiger partial charge in [-0.25, -0.2) is 4.79 Å². The van der Waals surface area contributed by atoms with Gasteiger partial charge in [-0.2, -0.15) is 0 Å². The number of nitrogens with one attached hydrogen (secondary N) is 1. The molecule has 1 aliphatic rings. The predicted molar refractivity (Wildman–Crippen MR) is 67.0 cm³/mol. The second-order valence-corrected chi connectivity index (χ2v) is 5.75. The van der Waals surface area contributed by atoms with E-state index >= 15 is 0 Å². The van der Waals surface area contributed by atoms with Gasteiger partial charge in [0.25, 0.3) is 0 Å². The molecule has 0 aromatic heterocycles. The molecule has 1 rings (SSSR count). The van der Waals surface area contributed by atoms with E-state index in [4.69, 9.17) is 9.47 Å². The van der Waals surface area contributed by atoms with Gasteiger partial charge in [0.2, 0.25) is 0 Å². The average molecular weight is 243 g/mol. The fourth-order valence-corrected chi connectivity index (χ4v) is 2.27. The fourth-order valence-electron chi connectivity index (χ4n) is 2.27. The molecular weight excluding hydrogens is 218 g/mol. The zero-order valence-electron chi connectivity index (χ0n) is 11.4. The van der Waals surface area contributed by atoms with Gasteiger partial charge in [-0.15, -0.1) is 0 Å². The van der Waals surface area contributed by atoms with Gasteiger partial charge in [0, 0.05) is 19.1 Å². The summed E-state index contributed by atoms with van der Waals surface area (Å²) >= 11 is 0. The Kier molecular flexibility index (Phi) is 5.25. The number of amides is 1. The molecule has 0 spiro atoms. The molecule has 0 bridgehead atoms. The first-order valence-corrected chi connectivity index (χ1v) is 6.41. The lowest BCUT2D eigenvalue weighted by atomic mass is 9.85. The van der Waals surface area contributed by atoms with E-state index < -0.39 is 5.60 Å². The van der Waals surface area contributed by atoms with E-state index in [1.165, 1.54) is 12.8 Å². The summed E-state index contributed by atoms with van der Waals surface area (Å²) in [5.74, 6) is 0.418. The number of hydrogen-bond donors (Lipinski definition) is 1. The van der Waals surface area contributed by atoms with Crippen LogP contribution >= 0.6 is 0 Å². The van der Waals surface area contributed by atoms with Gasteiger partial charge in [-0.1, -0.05) is 12.8 Å². The maximum Gasteiger partial charge on any atom is 0.407 e. The van der Waals surface area contributed by atoms with Gasteiger partial charge in [-0.05, 0) is 33.6 Å². The standard InChI is InChI=1S/C13H25NO3/c1-13(2,3)17-12(15)14-11-8-6-5-7-10(11)9-16-4/h10-11H,5-9H2,1-4H3,(H,14,15)/t10-,11+/m1/s1. The Morgan fingerprint density at radius 1 is 1.29 bits per heavy atom.